The van der Waals surface area contributed by atoms with Crippen LogP contribution in [0.5, 0.6) is 0 Å². The minimum absolute atomic E-state index is 0.138. The molecule has 1 atom stereocenters. The topological polar surface area (TPSA) is 32.3 Å². The van der Waals surface area contributed by atoms with E-state index in [9.17, 15) is 9.18 Å². The van der Waals surface area contributed by atoms with Crippen molar-refractivity contribution in [3.05, 3.63) is 71.0 Å². The summed E-state index contributed by atoms with van der Waals surface area (Å²) in [6.45, 7) is 5.56. The van der Waals surface area contributed by atoms with Gasteiger partial charge in [-0.2, -0.15) is 0 Å². The third-order valence-electron chi connectivity index (χ3n) is 4.85. The van der Waals surface area contributed by atoms with Crippen LogP contribution < -0.4 is 5.32 Å². The van der Waals surface area contributed by atoms with Gasteiger partial charge in [0.15, 0.2) is 0 Å². The maximum Gasteiger partial charge on any atom is 0.254 e. The Morgan fingerprint density at radius 1 is 1.24 bits per heavy atom. The van der Waals surface area contributed by atoms with E-state index in [0.717, 1.165) is 38.0 Å². The Morgan fingerprint density at radius 3 is 2.84 bits per heavy atom. The summed E-state index contributed by atoms with van der Waals surface area (Å²) < 4.78 is 13.8. The highest BCUT2D eigenvalue weighted by molar-refractivity contribution is 5.94. The smallest absolute Gasteiger partial charge is 0.254 e. The zero-order chi connectivity index (χ0) is 17.6. The Balaban J connectivity index is 1.44. The van der Waals surface area contributed by atoms with Crippen LogP contribution in [0.15, 0.2) is 48.5 Å². The number of benzene rings is 2. The van der Waals surface area contributed by atoms with Crippen LogP contribution in [0.25, 0.3) is 0 Å². The molecule has 2 aromatic rings. The quantitative estimate of drug-likeness (QED) is 0.874. The molecule has 4 heteroatoms. The molecule has 0 saturated carbocycles. The molecule has 1 amide bonds. The molecule has 0 aromatic heterocycles. The van der Waals surface area contributed by atoms with E-state index in [2.05, 4.69) is 34.5 Å². The van der Waals surface area contributed by atoms with Gasteiger partial charge in [0.1, 0.15) is 5.82 Å². The minimum Gasteiger partial charge on any atom is -0.352 e. The zero-order valence-electron chi connectivity index (χ0n) is 14.7. The van der Waals surface area contributed by atoms with Crippen LogP contribution in [0.1, 0.15) is 27.9 Å². The second-order valence-electron chi connectivity index (χ2n) is 6.88. The second kappa shape index (κ2) is 8.26. The van der Waals surface area contributed by atoms with E-state index in [1.807, 2.05) is 13.0 Å². The molecule has 132 valence electrons. The minimum atomic E-state index is -0.459. The van der Waals surface area contributed by atoms with Crippen LogP contribution in [0, 0.1) is 18.7 Å². The fourth-order valence-electron chi connectivity index (χ4n) is 3.36. The van der Waals surface area contributed by atoms with Gasteiger partial charge >= 0.3 is 0 Å². The number of nitrogens with one attached hydrogen (secondary N) is 1. The lowest BCUT2D eigenvalue weighted by Crippen LogP contribution is -2.32. The molecule has 1 unspecified atom stereocenters. The largest absolute Gasteiger partial charge is 0.352 e. The maximum atomic E-state index is 13.8. The third kappa shape index (κ3) is 4.89. The van der Waals surface area contributed by atoms with Gasteiger partial charge in [0.05, 0.1) is 5.56 Å². The van der Waals surface area contributed by atoms with Crippen LogP contribution in [0.4, 0.5) is 4.39 Å². The molecule has 0 aliphatic carbocycles. The molecule has 25 heavy (non-hydrogen) atoms. The van der Waals surface area contributed by atoms with Crippen LogP contribution in [0.3, 0.4) is 0 Å². The van der Waals surface area contributed by atoms with Crippen molar-refractivity contribution in [3.8, 4) is 0 Å². The molecule has 2 aromatic carbocycles. The Hall–Kier alpha value is -2.20. The number of aryl methyl sites for hydroxylation is 1. The predicted octanol–water partition coefficient (Wildman–Crippen LogP) is 3.43. The summed E-state index contributed by atoms with van der Waals surface area (Å²) in [5.74, 6) is -0.337. The van der Waals surface area contributed by atoms with Crippen molar-refractivity contribution in [1.82, 2.24) is 10.2 Å². The Kier molecular flexibility index (Phi) is 5.82. The molecule has 1 aliphatic rings. The molecule has 3 rings (SSSR count). The normalized spacial score (nSPS) is 17.6. The number of nitrogens with zero attached hydrogens (tertiary/aromatic N) is 1. The van der Waals surface area contributed by atoms with E-state index < -0.39 is 5.82 Å². The molecule has 1 aliphatic heterocycles. The monoisotopic (exact) mass is 340 g/mol. The van der Waals surface area contributed by atoms with Crippen LogP contribution in [-0.2, 0) is 6.42 Å². The number of hydrogen-bond acceptors (Lipinski definition) is 2. The van der Waals surface area contributed by atoms with Crippen molar-refractivity contribution in [2.75, 3.05) is 26.2 Å². The number of carbonyl (C=O) groups is 1. The number of rotatable bonds is 6. The molecule has 0 spiro atoms. The molecule has 1 fully saturated rings. The Morgan fingerprint density at radius 2 is 2.04 bits per heavy atom. The summed E-state index contributed by atoms with van der Waals surface area (Å²) in [5, 5.41) is 2.90. The average molecular weight is 340 g/mol. The summed E-state index contributed by atoms with van der Waals surface area (Å²) >= 11 is 0. The van der Waals surface area contributed by atoms with Gasteiger partial charge in [0, 0.05) is 19.6 Å². The van der Waals surface area contributed by atoms with Crippen molar-refractivity contribution in [1.29, 1.82) is 0 Å². The fraction of sp³-hybridized carbons (Fsp3) is 0.381. The van der Waals surface area contributed by atoms with E-state index in [-0.39, 0.29) is 11.5 Å². The van der Waals surface area contributed by atoms with Gasteiger partial charge in [-0.15, -0.1) is 0 Å². The van der Waals surface area contributed by atoms with E-state index in [0.29, 0.717) is 12.5 Å². The Bertz CT molecular complexity index is 717. The van der Waals surface area contributed by atoms with Crippen molar-refractivity contribution in [2.24, 2.45) is 5.92 Å². The second-order valence-corrected chi connectivity index (χ2v) is 6.88. The van der Waals surface area contributed by atoms with E-state index >= 15 is 0 Å². The molecule has 0 bridgehead atoms. The highest BCUT2D eigenvalue weighted by atomic mass is 19.1. The number of likely N-dealkylation sites (tertiary alicyclic amines) is 1. The molecular weight excluding hydrogens is 315 g/mol. The van der Waals surface area contributed by atoms with Crippen molar-refractivity contribution in [3.63, 3.8) is 0 Å². The number of hydrogen-bond donors (Lipinski definition) is 1. The number of halogens is 1. The zero-order valence-corrected chi connectivity index (χ0v) is 14.7. The SMILES string of the molecule is Cc1ccc(F)c(C(=O)NCC2CCN(CCc3ccccc3)C2)c1. The molecule has 1 saturated heterocycles. The lowest BCUT2D eigenvalue weighted by molar-refractivity contribution is 0.0943. The van der Waals surface area contributed by atoms with Gasteiger partial charge in [0.2, 0.25) is 0 Å². The van der Waals surface area contributed by atoms with Gasteiger partial charge in [-0.3, -0.25) is 4.79 Å². The maximum absolute atomic E-state index is 13.8. The summed E-state index contributed by atoms with van der Waals surface area (Å²) in [4.78, 5) is 14.6. The first-order valence-corrected chi connectivity index (χ1v) is 8.92. The van der Waals surface area contributed by atoms with Crippen LogP contribution in [-0.4, -0.2) is 37.0 Å². The molecule has 3 nitrogen and oxygen atoms in total. The highest BCUT2D eigenvalue weighted by Gasteiger charge is 2.23. The summed E-state index contributed by atoms with van der Waals surface area (Å²) in [6, 6.07) is 15.1. The summed E-state index contributed by atoms with van der Waals surface area (Å²) in [7, 11) is 0. The Labute approximate surface area is 148 Å². The van der Waals surface area contributed by atoms with Crippen LogP contribution in [0.2, 0.25) is 0 Å². The fourth-order valence-corrected chi connectivity index (χ4v) is 3.36. The molecular formula is C21H25FN2O. The van der Waals surface area contributed by atoms with E-state index in [1.54, 1.807) is 12.1 Å². The van der Waals surface area contributed by atoms with Gasteiger partial charge in [-0.25, -0.2) is 4.39 Å². The van der Waals surface area contributed by atoms with Gasteiger partial charge < -0.3 is 10.2 Å². The van der Waals surface area contributed by atoms with Crippen molar-refractivity contribution < 1.29 is 9.18 Å². The van der Waals surface area contributed by atoms with Crippen molar-refractivity contribution >= 4 is 5.91 Å². The lowest BCUT2D eigenvalue weighted by atomic mass is 10.1. The van der Waals surface area contributed by atoms with Gasteiger partial charge in [-0.1, -0.05) is 42.0 Å². The van der Waals surface area contributed by atoms with E-state index in [4.69, 9.17) is 0 Å². The lowest BCUT2D eigenvalue weighted by Gasteiger charge is -2.16. The molecule has 1 heterocycles. The standard InChI is InChI=1S/C21H25FN2O/c1-16-7-8-20(22)19(13-16)21(25)23-14-18-10-12-24(15-18)11-9-17-5-3-2-4-6-17/h2-8,13,18H,9-12,14-15H2,1H3,(H,23,25). The first kappa shape index (κ1) is 17.6. The highest BCUT2D eigenvalue weighted by Crippen LogP contribution is 2.17. The summed E-state index contributed by atoms with van der Waals surface area (Å²) in [5.41, 5.74) is 2.38. The summed E-state index contributed by atoms with van der Waals surface area (Å²) in [6.07, 6.45) is 2.12. The number of carbonyl (C=O) groups excluding carboxylic acids is 1. The number of amides is 1. The first-order chi connectivity index (χ1) is 12.1. The first-order valence-electron chi connectivity index (χ1n) is 8.92. The van der Waals surface area contributed by atoms with Gasteiger partial charge in [0.25, 0.3) is 5.91 Å². The third-order valence-corrected chi connectivity index (χ3v) is 4.85. The molecule has 1 N–H and O–H groups in total. The van der Waals surface area contributed by atoms with E-state index in [1.165, 1.54) is 11.6 Å². The average Bonchev–Trinajstić information content (AvgIpc) is 3.09. The van der Waals surface area contributed by atoms with Crippen molar-refractivity contribution in [2.45, 2.75) is 19.8 Å². The van der Waals surface area contributed by atoms with Crippen LogP contribution >= 0.6 is 0 Å². The molecule has 0 radical (unpaired) electrons. The van der Waals surface area contributed by atoms with Gasteiger partial charge in [-0.05, 0) is 49.9 Å². The predicted molar refractivity (Wildman–Crippen MR) is 98.2 cm³/mol.